The quantitative estimate of drug-likeness (QED) is 0.686. The summed E-state index contributed by atoms with van der Waals surface area (Å²) < 4.78 is 6.45. The van der Waals surface area contributed by atoms with Crippen LogP contribution in [-0.4, -0.2) is 22.8 Å². The van der Waals surface area contributed by atoms with Crippen molar-refractivity contribution in [1.82, 2.24) is 9.78 Å². The van der Waals surface area contributed by atoms with Crippen LogP contribution < -0.4 is 15.6 Å². The molecular weight excluding hydrogens is 366 g/mol. The Balaban J connectivity index is 1.92. The molecule has 0 bridgehead atoms. The van der Waals surface area contributed by atoms with Gasteiger partial charge in [0.15, 0.2) is 0 Å². The first-order valence-electron chi connectivity index (χ1n) is 9.55. The Morgan fingerprint density at radius 3 is 2.59 bits per heavy atom. The molecule has 6 heteroatoms. The number of rotatable bonds is 6. The van der Waals surface area contributed by atoms with Gasteiger partial charge in [-0.05, 0) is 55.7 Å². The minimum atomic E-state index is -0.722. The van der Waals surface area contributed by atoms with Crippen LogP contribution in [0.5, 0.6) is 5.75 Å². The van der Waals surface area contributed by atoms with Crippen molar-refractivity contribution in [3.8, 4) is 17.0 Å². The lowest BCUT2D eigenvalue weighted by atomic mass is 10.0. The number of nitrogens with one attached hydrogen (secondary N) is 1. The number of hydrogen-bond acceptors (Lipinski definition) is 4. The molecule has 3 rings (SSSR count). The smallest absolute Gasteiger partial charge is 0.267 e. The Kier molecular flexibility index (Phi) is 6.12. The standard InChI is InChI=1S/C23H25N3O3/c1-5-21(23(28)24-18-7-6-8-19(14-18)29-4)26-22(27)12-11-20(25-26)17-10-9-15(2)16(3)13-17/h6-14,21H,5H2,1-4H3,(H,24,28)/t21-/m0/s1. The van der Waals surface area contributed by atoms with Gasteiger partial charge in [-0.25, -0.2) is 4.68 Å². The topological polar surface area (TPSA) is 73.2 Å². The van der Waals surface area contributed by atoms with E-state index in [1.165, 1.54) is 16.3 Å². The summed E-state index contributed by atoms with van der Waals surface area (Å²) >= 11 is 0. The minimum Gasteiger partial charge on any atom is -0.497 e. The van der Waals surface area contributed by atoms with E-state index in [2.05, 4.69) is 10.4 Å². The van der Waals surface area contributed by atoms with E-state index in [-0.39, 0.29) is 11.5 Å². The number of nitrogens with zero attached hydrogens (tertiary/aromatic N) is 2. The molecule has 1 amide bonds. The molecule has 29 heavy (non-hydrogen) atoms. The number of carbonyl (C=O) groups excluding carboxylic acids is 1. The SMILES string of the molecule is CC[C@@H](C(=O)Nc1cccc(OC)c1)n1nc(-c2ccc(C)c(C)c2)ccc1=O. The molecule has 0 aliphatic heterocycles. The van der Waals surface area contributed by atoms with Gasteiger partial charge < -0.3 is 10.1 Å². The Hall–Kier alpha value is -3.41. The molecule has 0 aliphatic carbocycles. The van der Waals surface area contributed by atoms with Gasteiger partial charge in [0.1, 0.15) is 11.8 Å². The molecule has 6 nitrogen and oxygen atoms in total. The third-order valence-electron chi connectivity index (χ3n) is 4.95. The number of ether oxygens (including phenoxy) is 1. The van der Waals surface area contributed by atoms with E-state index < -0.39 is 6.04 Å². The minimum absolute atomic E-state index is 0.299. The zero-order chi connectivity index (χ0) is 21.0. The highest BCUT2D eigenvalue weighted by molar-refractivity contribution is 5.93. The highest BCUT2D eigenvalue weighted by Gasteiger charge is 2.21. The number of benzene rings is 2. The summed E-state index contributed by atoms with van der Waals surface area (Å²) in [4.78, 5) is 25.4. The Labute approximate surface area is 170 Å². The first-order valence-corrected chi connectivity index (χ1v) is 9.55. The molecule has 0 unspecified atom stereocenters. The Morgan fingerprint density at radius 1 is 1.10 bits per heavy atom. The second kappa shape index (κ2) is 8.73. The van der Waals surface area contributed by atoms with Gasteiger partial charge in [0, 0.05) is 23.4 Å². The fraction of sp³-hybridized carbons (Fsp3) is 0.261. The Bertz CT molecular complexity index is 1090. The van der Waals surface area contributed by atoms with Crippen molar-refractivity contribution < 1.29 is 9.53 Å². The largest absolute Gasteiger partial charge is 0.497 e. The normalized spacial score (nSPS) is 11.7. The molecule has 2 aromatic carbocycles. The van der Waals surface area contributed by atoms with E-state index in [1.54, 1.807) is 37.4 Å². The molecular formula is C23H25N3O3. The maximum atomic E-state index is 12.9. The third kappa shape index (κ3) is 4.54. The maximum Gasteiger partial charge on any atom is 0.267 e. The first kappa shape index (κ1) is 20.3. The molecule has 0 spiro atoms. The lowest BCUT2D eigenvalue weighted by Crippen LogP contribution is -2.34. The van der Waals surface area contributed by atoms with Gasteiger partial charge in [-0.15, -0.1) is 0 Å². The van der Waals surface area contributed by atoms with Gasteiger partial charge >= 0.3 is 0 Å². The highest BCUT2D eigenvalue weighted by atomic mass is 16.5. The van der Waals surface area contributed by atoms with Crippen molar-refractivity contribution in [2.75, 3.05) is 12.4 Å². The second-order valence-corrected chi connectivity index (χ2v) is 6.95. The molecule has 0 radical (unpaired) electrons. The molecule has 0 saturated carbocycles. The summed E-state index contributed by atoms with van der Waals surface area (Å²) in [5.41, 5.74) is 4.18. The zero-order valence-electron chi connectivity index (χ0n) is 17.1. The number of anilines is 1. The summed E-state index contributed by atoms with van der Waals surface area (Å²) in [6.45, 7) is 5.93. The molecule has 0 fully saturated rings. The molecule has 1 atom stereocenters. The van der Waals surface area contributed by atoms with E-state index >= 15 is 0 Å². The lowest BCUT2D eigenvalue weighted by Gasteiger charge is -2.18. The average molecular weight is 391 g/mol. The van der Waals surface area contributed by atoms with Crippen molar-refractivity contribution in [3.63, 3.8) is 0 Å². The van der Waals surface area contributed by atoms with Crippen LogP contribution in [0.3, 0.4) is 0 Å². The molecule has 1 heterocycles. The van der Waals surface area contributed by atoms with Gasteiger partial charge in [0.25, 0.3) is 5.56 Å². The summed E-state index contributed by atoms with van der Waals surface area (Å²) in [6, 6.07) is 15.5. The third-order valence-corrected chi connectivity index (χ3v) is 4.95. The fourth-order valence-corrected chi connectivity index (χ4v) is 3.10. The first-order chi connectivity index (χ1) is 13.9. The van der Waals surface area contributed by atoms with E-state index in [4.69, 9.17) is 4.74 Å². The molecule has 0 aliphatic rings. The van der Waals surface area contributed by atoms with Crippen LogP contribution >= 0.6 is 0 Å². The van der Waals surface area contributed by atoms with Gasteiger partial charge in [-0.2, -0.15) is 5.10 Å². The van der Waals surface area contributed by atoms with Crippen molar-refractivity contribution >= 4 is 11.6 Å². The predicted molar refractivity (Wildman–Crippen MR) is 114 cm³/mol. The van der Waals surface area contributed by atoms with E-state index in [0.29, 0.717) is 23.6 Å². The molecule has 3 aromatic rings. The van der Waals surface area contributed by atoms with Crippen LogP contribution in [-0.2, 0) is 4.79 Å². The molecule has 0 saturated heterocycles. The summed E-state index contributed by atoms with van der Waals surface area (Å²) in [6.07, 6.45) is 0.430. The van der Waals surface area contributed by atoms with Crippen LogP contribution in [0.2, 0.25) is 0 Å². The van der Waals surface area contributed by atoms with E-state index in [0.717, 1.165) is 11.1 Å². The van der Waals surface area contributed by atoms with Crippen molar-refractivity contribution in [3.05, 3.63) is 76.1 Å². The molecule has 1 N–H and O–H groups in total. The van der Waals surface area contributed by atoms with Gasteiger partial charge in [0.05, 0.1) is 12.8 Å². The molecule has 150 valence electrons. The summed E-state index contributed by atoms with van der Waals surface area (Å²) in [5.74, 6) is 0.343. The van der Waals surface area contributed by atoms with E-state index in [9.17, 15) is 9.59 Å². The number of methoxy groups -OCH3 is 1. The van der Waals surface area contributed by atoms with Crippen LogP contribution in [0.25, 0.3) is 11.3 Å². The number of hydrogen-bond donors (Lipinski definition) is 1. The Morgan fingerprint density at radius 2 is 1.90 bits per heavy atom. The summed E-state index contributed by atoms with van der Waals surface area (Å²) in [5, 5.41) is 7.35. The van der Waals surface area contributed by atoms with Crippen molar-refractivity contribution in [1.29, 1.82) is 0 Å². The lowest BCUT2D eigenvalue weighted by molar-refractivity contribution is -0.119. The molecule has 1 aromatic heterocycles. The van der Waals surface area contributed by atoms with Crippen LogP contribution in [0.4, 0.5) is 5.69 Å². The second-order valence-electron chi connectivity index (χ2n) is 6.95. The van der Waals surface area contributed by atoms with Crippen LogP contribution in [0.15, 0.2) is 59.4 Å². The highest BCUT2D eigenvalue weighted by Crippen LogP contribution is 2.22. The zero-order valence-corrected chi connectivity index (χ0v) is 17.1. The van der Waals surface area contributed by atoms with Crippen LogP contribution in [0, 0.1) is 13.8 Å². The van der Waals surface area contributed by atoms with E-state index in [1.807, 2.05) is 39.0 Å². The number of aryl methyl sites for hydroxylation is 2. The fourth-order valence-electron chi connectivity index (χ4n) is 3.10. The monoisotopic (exact) mass is 391 g/mol. The number of carbonyl (C=O) groups is 1. The number of aromatic nitrogens is 2. The van der Waals surface area contributed by atoms with Crippen molar-refractivity contribution in [2.24, 2.45) is 0 Å². The van der Waals surface area contributed by atoms with Gasteiger partial charge in [-0.1, -0.05) is 25.1 Å². The predicted octanol–water partition coefficient (Wildman–Crippen LogP) is 4.13. The maximum absolute atomic E-state index is 12.9. The number of amides is 1. The van der Waals surface area contributed by atoms with Crippen LogP contribution in [0.1, 0.15) is 30.5 Å². The average Bonchev–Trinajstić information content (AvgIpc) is 2.72. The van der Waals surface area contributed by atoms with Crippen molar-refractivity contribution in [2.45, 2.75) is 33.2 Å². The summed E-state index contributed by atoms with van der Waals surface area (Å²) in [7, 11) is 1.57. The van der Waals surface area contributed by atoms with Gasteiger partial charge in [-0.3, -0.25) is 9.59 Å². The van der Waals surface area contributed by atoms with Gasteiger partial charge in [0.2, 0.25) is 5.91 Å².